The topological polar surface area (TPSA) is 54.8 Å². The van der Waals surface area contributed by atoms with Gasteiger partial charge in [0.25, 0.3) is 0 Å². The lowest BCUT2D eigenvalue weighted by atomic mass is 9.97. The molecular weight excluding hydrogens is 352 g/mol. The van der Waals surface area contributed by atoms with Crippen LogP contribution in [0.2, 0.25) is 0 Å². The number of methoxy groups -OCH3 is 2. The molecular formula is C23H26N2O3. The molecule has 0 bridgehead atoms. The van der Waals surface area contributed by atoms with Crippen molar-refractivity contribution in [1.82, 2.24) is 4.98 Å². The molecule has 0 amide bonds. The Bertz CT molecular complexity index is 1000. The van der Waals surface area contributed by atoms with Crippen LogP contribution in [0.5, 0.6) is 11.5 Å². The molecule has 1 aliphatic heterocycles. The second-order valence-corrected chi connectivity index (χ2v) is 7.36. The standard InChI is InChI=1S/C23H26N2O3/c1-15-4-5-16-11-18(14-26)23(24-21(16)10-15)25-9-8-17(13-25)20-12-19(27-2)6-7-22(20)28-3/h4-7,10-12,17,26H,8-9,13-14H2,1-3H3/t17-/m0/s1. The summed E-state index contributed by atoms with van der Waals surface area (Å²) in [5.74, 6) is 2.93. The van der Waals surface area contributed by atoms with Gasteiger partial charge in [-0.2, -0.15) is 0 Å². The number of ether oxygens (including phenoxy) is 2. The van der Waals surface area contributed by atoms with E-state index in [0.717, 1.165) is 58.9 Å². The Balaban J connectivity index is 1.67. The molecule has 0 spiro atoms. The van der Waals surface area contributed by atoms with Crippen LogP contribution in [0, 0.1) is 6.92 Å². The van der Waals surface area contributed by atoms with Gasteiger partial charge in [-0.1, -0.05) is 12.1 Å². The first kappa shape index (κ1) is 18.6. The third-order valence-corrected chi connectivity index (χ3v) is 5.56. The molecule has 1 aliphatic rings. The van der Waals surface area contributed by atoms with E-state index >= 15 is 0 Å². The van der Waals surface area contributed by atoms with Crippen LogP contribution in [0.4, 0.5) is 5.82 Å². The predicted molar refractivity (Wildman–Crippen MR) is 112 cm³/mol. The third-order valence-electron chi connectivity index (χ3n) is 5.56. The number of nitrogens with zero attached hydrogens (tertiary/aromatic N) is 2. The molecule has 1 fully saturated rings. The number of aliphatic hydroxyl groups is 1. The van der Waals surface area contributed by atoms with E-state index in [0.29, 0.717) is 5.92 Å². The molecule has 1 N–H and O–H groups in total. The molecule has 2 aromatic carbocycles. The Labute approximate surface area is 165 Å². The van der Waals surface area contributed by atoms with Crippen molar-refractivity contribution in [3.8, 4) is 11.5 Å². The fourth-order valence-corrected chi connectivity index (χ4v) is 4.07. The van der Waals surface area contributed by atoms with Crippen molar-refractivity contribution in [2.45, 2.75) is 25.9 Å². The van der Waals surface area contributed by atoms with E-state index in [1.165, 1.54) is 5.56 Å². The van der Waals surface area contributed by atoms with Crippen molar-refractivity contribution >= 4 is 16.7 Å². The second kappa shape index (κ2) is 7.68. The van der Waals surface area contributed by atoms with Gasteiger partial charge >= 0.3 is 0 Å². The molecule has 0 aliphatic carbocycles. The highest BCUT2D eigenvalue weighted by molar-refractivity contribution is 5.82. The number of anilines is 1. The van der Waals surface area contributed by atoms with Crippen LogP contribution in [-0.2, 0) is 6.61 Å². The number of hydrogen-bond acceptors (Lipinski definition) is 5. The van der Waals surface area contributed by atoms with Gasteiger partial charge in [0.2, 0.25) is 0 Å². The second-order valence-electron chi connectivity index (χ2n) is 7.36. The van der Waals surface area contributed by atoms with Crippen molar-refractivity contribution in [3.63, 3.8) is 0 Å². The lowest BCUT2D eigenvalue weighted by molar-refractivity contribution is 0.282. The smallest absolute Gasteiger partial charge is 0.134 e. The zero-order valence-corrected chi connectivity index (χ0v) is 16.6. The van der Waals surface area contributed by atoms with Crippen LogP contribution in [0.1, 0.15) is 29.0 Å². The SMILES string of the molecule is COc1ccc(OC)c([C@H]2CCN(c3nc4cc(C)ccc4cc3CO)C2)c1. The largest absolute Gasteiger partial charge is 0.497 e. The average molecular weight is 378 g/mol. The highest BCUT2D eigenvalue weighted by atomic mass is 16.5. The minimum absolute atomic E-state index is 0.0181. The van der Waals surface area contributed by atoms with E-state index in [1.807, 2.05) is 12.1 Å². The molecule has 5 heteroatoms. The maximum absolute atomic E-state index is 9.92. The first-order valence-corrected chi connectivity index (χ1v) is 9.61. The summed E-state index contributed by atoms with van der Waals surface area (Å²) in [7, 11) is 3.39. The van der Waals surface area contributed by atoms with E-state index < -0.39 is 0 Å². The molecule has 146 valence electrons. The van der Waals surface area contributed by atoms with E-state index in [2.05, 4.69) is 42.2 Å². The summed E-state index contributed by atoms with van der Waals surface area (Å²) < 4.78 is 11.0. The highest BCUT2D eigenvalue weighted by Gasteiger charge is 2.29. The van der Waals surface area contributed by atoms with Gasteiger partial charge < -0.3 is 19.5 Å². The Morgan fingerprint density at radius 1 is 1.11 bits per heavy atom. The maximum Gasteiger partial charge on any atom is 0.134 e. The molecule has 1 atom stereocenters. The number of benzene rings is 2. The van der Waals surface area contributed by atoms with Gasteiger partial charge in [-0.05, 0) is 49.2 Å². The summed E-state index contributed by atoms with van der Waals surface area (Å²) in [6.45, 7) is 3.78. The van der Waals surface area contributed by atoms with Crippen LogP contribution in [0.25, 0.3) is 10.9 Å². The lowest BCUT2D eigenvalue weighted by Gasteiger charge is -2.22. The first-order valence-electron chi connectivity index (χ1n) is 9.61. The molecule has 1 saturated heterocycles. The van der Waals surface area contributed by atoms with E-state index in [9.17, 15) is 5.11 Å². The zero-order chi connectivity index (χ0) is 19.7. The molecule has 4 rings (SSSR count). The average Bonchev–Trinajstić information content (AvgIpc) is 3.22. The molecule has 5 nitrogen and oxygen atoms in total. The van der Waals surface area contributed by atoms with Crippen LogP contribution < -0.4 is 14.4 Å². The Kier molecular flexibility index (Phi) is 5.09. The van der Waals surface area contributed by atoms with Crippen molar-refractivity contribution in [1.29, 1.82) is 0 Å². The van der Waals surface area contributed by atoms with E-state index in [1.54, 1.807) is 14.2 Å². The van der Waals surface area contributed by atoms with Gasteiger partial charge in [0, 0.05) is 35.5 Å². The monoisotopic (exact) mass is 378 g/mol. The summed E-state index contributed by atoms with van der Waals surface area (Å²) in [6.07, 6.45) is 1.00. The Morgan fingerprint density at radius 2 is 1.96 bits per heavy atom. The Morgan fingerprint density at radius 3 is 2.71 bits per heavy atom. The van der Waals surface area contributed by atoms with Gasteiger partial charge in [-0.15, -0.1) is 0 Å². The van der Waals surface area contributed by atoms with Crippen molar-refractivity contribution in [3.05, 3.63) is 59.2 Å². The summed E-state index contributed by atoms with van der Waals surface area (Å²) in [6, 6.07) is 14.2. The summed E-state index contributed by atoms with van der Waals surface area (Å²) in [4.78, 5) is 7.18. The van der Waals surface area contributed by atoms with Crippen molar-refractivity contribution in [2.75, 3.05) is 32.2 Å². The molecule has 3 aromatic rings. The molecule has 28 heavy (non-hydrogen) atoms. The maximum atomic E-state index is 9.92. The van der Waals surface area contributed by atoms with Crippen LogP contribution >= 0.6 is 0 Å². The minimum Gasteiger partial charge on any atom is -0.497 e. The predicted octanol–water partition coefficient (Wildman–Crippen LogP) is 4.05. The van der Waals surface area contributed by atoms with Crippen molar-refractivity contribution in [2.24, 2.45) is 0 Å². The number of rotatable bonds is 5. The number of aromatic nitrogens is 1. The summed E-state index contributed by atoms with van der Waals surface area (Å²) in [5, 5.41) is 11.0. The number of hydrogen-bond donors (Lipinski definition) is 1. The van der Waals surface area contributed by atoms with Crippen molar-refractivity contribution < 1.29 is 14.6 Å². The number of fused-ring (bicyclic) bond motifs is 1. The van der Waals surface area contributed by atoms with Gasteiger partial charge in [0.05, 0.1) is 26.3 Å². The van der Waals surface area contributed by atoms with Gasteiger partial charge in [0.1, 0.15) is 17.3 Å². The summed E-state index contributed by atoms with van der Waals surface area (Å²) in [5.41, 5.74) is 4.18. The molecule has 0 radical (unpaired) electrons. The quantitative estimate of drug-likeness (QED) is 0.726. The van der Waals surface area contributed by atoms with Crippen LogP contribution in [0.3, 0.4) is 0 Å². The molecule has 1 aromatic heterocycles. The Hall–Kier alpha value is -2.79. The van der Waals surface area contributed by atoms with Gasteiger partial charge in [-0.25, -0.2) is 4.98 Å². The third kappa shape index (κ3) is 3.38. The highest BCUT2D eigenvalue weighted by Crippen LogP contribution is 2.38. The van der Waals surface area contributed by atoms with Crippen LogP contribution in [0.15, 0.2) is 42.5 Å². The van der Waals surface area contributed by atoms with E-state index in [4.69, 9.17) is 14.5 Å². The van der Waals surface area contributed by atoms with Gasteiger partial charge in [0.15, 0.2) is 0 Å². The zero-order valence-electron chi connectivity index (χ0n) is 16.6. The normalized spacial score (nSPS) is 16.6. The first-order chi connectivity index (χ1) is 13.6. The lowest BCUT2D eigenvalue weighted by Crippen LogP contribution is -2.22. The molecule has 0 unspecified atom stereocenters. The van der Waals surface area contributed by atoms with Gasteiger partial charge in [-0.3, -0.25) is 0 Å². The van der Waals surface area contributed by atoms with Crippen LogP contribution in [-0.4, -0.2) is 37.4 Å². The number of aryl methyl sites for hydroxylation is 1. The minimum atomic E-state index is -0.0181. The fourth-order valence-electron chi connectivity index (χ4n) is 4.07. The molecule has 2 heterocycles. The molecule has 0 saturated carbocycles. The number of pyridine rings is 1. The fraction of sp³-hybridized carbons (Fsp3) is 0.348. The summed E-state index contributed by atoms with van der Waals surface area (Å²) >= 11 is 0. The number of aliphatic hydroxyl groups excluding tert-OH is 1. The van der Waals surface area contributed by atoms with E-state index in [-0.39, 0.29) is 6.61 Å².